The number of nitrogens with one attached hydrogen (secondary N) is 1. The summed E-state index contributed by atoms with van der Waals surface area (Å²) >= 11 is 2.20. The van der Waals surface area contributed by atoms with Gasteiger partial charge in [-0.25, -0.2) is 5.43 Å². The average molecular weight is 440 g/mol. The lowest BCUT2D eigenvalue weighted by atomic mass is 10.2. The van der Waals surface area contributed by atoms with Crippen LogP contribution < -0.4 is 19.6 Å². The van der Waals surface area contributed by atoms with Crippen LogP contribution in [0.2, 0.25) is 0 Å². The molecule has 1 amide bonds. The smallest absolute Gasteiger partial charge is 0.277 e. The minimum atomic E-state index is -0.350. The molecule has 0 unspecified atom stereocenters. The van der Waals surface area contributed by atoms with Gasteiger partial charge in [0, 0.05) is 15.2 Å². The molecule has 0 spiro atoms. The summed E-state index contributed by atoms with van der Waals surface area (Å²) in [4.78, 5) is 11.7. The monoisotopic (exact) mass is 440 g/mol. The molecule has 0 fully saturated rings. The fourth-order valence-corrected chi connectivity index (χ4v) is 2.17. The Kier molecular flexibility index (Phi) is 6.86. The van der Waals surface area contributed by atoms with Crippen LogP contribution in [0.5, 0.6) is 17.2 Å². The molecule has 0 atom stereocenters. The second kappa shape index (κ2) is 9.11. The van der Waals surface area contributed by atoms with Gasteiger partial charge in [-0.1, -0.05) is 0 Å². The van der Waals surface area contributed by atoms with Crippen molar-refractivity contribution in [3.05, 3.63) is 51.6 Å². The van der Waals surface area contributed by atoms with E-state index in [0.29, 0.717) is 17.2 Å². The molecule has 7 heteroatoms. The number of hydrogen-bond donors (Lipinski definition) is 1. The molecule has 24 heavy (non-hydrogen) atoms. The van der Waals surface area contributed by atoms with Crippen LogP contribution in [-0.2, 0) is 4.79 Å². The van der Waals surface area contributed by atoms with Crippen LogP contribution in [0.15, 0.2) is 47.6 Å². The molecule has 1 N–H and O–H groups in total. The summed E-state index contributed by atoms with van der Waals surface area (Å²) in [7, 11) is 3.13. The lowest BCUT2D eigenvalue weighted by Crippen LogP contribution is -2.24. The van der Waals surface area contributed by atoms with Crippen LogP contribution in [0.3, 0.4) is 0 Å². The van der Waals surface area contributed by atoms with Gasteiger partial charge < -0.3 is 14.2 Å². The first-order valence-electron chi connectivity index (χ1n) is 7.04. The van der Waals surface area contributed by atoms with E-state index in [2.05, 4.69) is 33.1 Å². The van der Waals surface area contributed by atoms with E-state index in [4.69, 9.17) is 14.2 Å². The fourth-order valence-electron chi connectivity index (χ4n) is 1.81. The summed E-state index contributed by atoms with van der Waals surface area (Å²) in [6.07, 6.45) is 1.50. The zero-order valence-corrected chi connectivity index (χ0v) is 15.4. The molecule has 2 aromatic carbocycles. The third-order valence-electron chi connectivity index (χ3n) is 3.02. The van der Waals surface area contributed by atoms with E-state index in [1.165, 1.54) is 6.21 Å². The topological polar surface area (TPSA) is 69.2 Å². The number of hydrogen-bond acceptors (Lipinski definition) is 5. The highest BCUT2D eigenvalue weighted by atomic mass is 127. The van der Waals surface area contributed by atoms with Crippen molar-refractivity contribution < 1.29 is 19.0 Å². The molecule has 2 aromatic rings. The van der Waals surface area contributed by atoms with Gasteiger partial charge in [-0.05, 0) is 59.0 Å². The molecule has 126 valence electrons. The molecule has 2 rings (SSSR count). The fraction of sp³-hybridized carbons (Fsp3) is 0.176. The Hall–Kier alpha value is -2.29. The largest absolute Gasteiger partial charge is 0.497 e. The highest BCUT2D eigenvalue weighted by Crippen LogP contribution is 2.22. The van der Waals surface area contributed by atoms with Gasteiger partial charge >= 0.3 is 0 Å². The van der Waals surface area contributed by atoms with Crippen molar-refractivity contribution in [3.8, 4) is 17.2 Å². The summed E-state index contributed by atoms with van der Waals surface area (Å²) in [5.41, 5.74) is 3.13. The third kappa shape index (κ3) is 5.41. The number of amides is 1. The number of nitrogens with zero attached hydrogens (tertiary/aromatic N) is 1. The van der Waals surface area contributed by atoms with Gasteiger partial charge in [0.2, 0.25) is 0 Å². The van der Waals surface area contributed by atoms with Gasteiger partial charge in [0.25, 0.3) is 5.91 Å². The number of halogens is 1. The molecule has 0 aliphatic heterocycles. The summed E-state index contributed by atoms with van der Waals surface area (Å²) in [5.74, 6) is 1.56. The molecule has 0 aliphatic rings. The van der Waals surface area contributed by atoms with Gasteiger partial charge in [0.15, 0.2) is 6.61 Å². The quantitative estimate of drug-likeness (QED) is 0.409. The van der Waals surface area contributed by atoms with Crippen molar-refractivity contribution >= 4 is 34.7 Å². The zero-order chi connectivity index (χ0) is 17.4. The number of carbonyl (C=O) groups excluding carboxylic acids is 1. The molecule has 0 saturated carbocycles. The Morgan fingerprint density at radius 2 is 1.83 bits per heavy atom. The second-order valence-electron chi connectivity index (χ2n) is 4.64. The molecule has 0 aliphatic carbocycles. The van der Waals surface area contributed by atoms with Crippen LogP contribution in [0.1, 0.15) is 5.56 Å². The van der Waals surface area contributed by atoms with E-state index in [-0.39, 0.29) is 12.5 Å². The number of carbonyl (C=O) groups is 1. The van der Waals surface area contributed by atoms with Gasteiger partial charge in [-0.2, -0.15) is 5.10 Å². The van der Waals surface area contributed by atoms with Crippen LogP contribution in [-0.4, -0.2) is 32.9 Å². The van der Waals surface area contributed by atoms with E-state index in [9.17, 15) is 4.79 Å². The number of methoxy groups -OCH3 is 2. The second-order valence-corrected chi connectivity index (χ2v) is 5.89. The molecule has 0 aromatic heterocycles. The predicted octanol–water partition coefficient (Wildman–Crippen LogP) is 2.84. The molecule has 0 bridgehead atoms. The van der Waals surface area contributed by atoms with E-state index >= 15 is 0 Å². The molecule has 6 nitrogen and oxygen atoms in total. The standard InChI is InChI=1S/C17H17IN2O4/c1-22-15-6-3-12(16(9-15)23-2)10-19-20-17(21)11-24-14-7-4-13(18)5-8-14/h3-10H,11H2,1-2H3,(H,20,21)/b19-10+. The van der Waals surface area contributed by atoms with Crippen LogP contribution >= 0.6 is 22.6 Å². The lowest BCUT2D eigenvalue weighted by molar-refractivity contribution is -0.123. The van der Waals surface area contributed by atoms with Crippen molar-refractivity contribution in [2.24, 2.45) is 5.10 Å². The van der Waals surface area contributed by atoms with E-state index in [1.54, 1.807) is 44.6 Å². The maximum Gasteiger partial charge on any atom is 0.277 e. The minimum Gasteiger partial charge on any atom is -0.497 e. The minimum absolute atomic E-state index is 0.113. The molecule has 0 heterocycles. The third-order valence-corrected chi connectivity index (χ3v) is 3.74. The number of rotatable bonds is 7. The highest BCUT2D eigenvalue weighted by molar-refractivity contribution is 14.1. The van der Waals surface area contributed by atoms with E-state index < -0.39 is 0 Å². The first kappa shape index (κ1) is 18.1. The van der Waals surface area contributed by atoms with Crippen molar-refractivity contribution in [1.82, 2.24) is 5.43 Å². The van der Waals surface area contributed by atoms with E-state index in [1.807, 2.05) is 12.1 Å². The van der Waals surface area contributed by atoms with Crippen molar-refractivity contribution in [2.75, 3.05) is 20.8 Å². The summed E-state index contributed by atoms with van der Waals surface area (Å²) in [5, 5.41) is 3.91. The van der Waals surface area contributed by atoms with Crippen LogP contribution in [0.4, 0.5) is 0 Å². The number of ether oxygens (including phenoxy) is 3. The number of benzene rings is 2. The molecular formula is C17H17IN2O4. The Morgan fingerprint density at radius 1 is 1.12 bits per heavy atom. The summed E-state index contributed by atoms with van der Waals surface area (Å²) in [6, 6.07) is 12.7. The Morgan fingerprint density at radius 3 is 2.50 bits per heavy atom. The molecule has 0 saturated heterocycles. The van der Waals surface area contributed by atoms with E-state index in [0.717, 1.165) is 9.13 Å². The Balaban J connectivity index is 1.86. The average Bonchev–Trinajstić information content (AvgIpc) is 2.61. The van der Waals surface area contributed by atoms with Crippen LogP contribution in [0, 0.1) is 3.57 Å². The summed E-state index contributed by atoms with van der Waals surface area (Å²) in [6.45, 7) is -0.113. The van der Waals surface area contributed by atoms with Crippen LogP contribution in [0.25, 0.3) is 0 Å². The van der Waals surface area contributed by atoms with Gasteiger partial charge in [-0.15, -0.1) is 0 Å². The van der Waals surface area contributed by atoms with Gasteiger partial charge in [-0.3, -0.25) is 4.79 Å². The zero-order valence-electron chi connectivity index (χ0n) is 13.3. The normalized spacial score (nSPS) is 10.5. The van der Waals surface area contributed by atoms with Crippen molar-refractivity contribution in [1.29, 1.82) is 0 Å². The maximum atomic E-state index is 11.7. The lowest BCUT2D eigenvalue weighted by Gasteiger charge is -2.07. The van der Waals surface area contributed by atoms with Gasteiger partial charge in [0.05, 0.1) is 20.4 Å². The summed E-state index contributed by atoms with van der Waals surface area (Å²) < 4.78 is 16.8. The predicted molar refractivity (Wildman–Crippen MR) is 99.9 cm³/mol. The number of hydrazone groups is 1. The molecule has 0 radical (unpaired) electrons. The van der Waals surface area contributed by atoms with Crippen molar-refractivity contribution in [2.45, 2.75) is 0 Å². The SMILES string of the molecule is COc1ccc(/C=N/NC(=O)COc2ccc(I)cc2)c(OC)c1. The van der Waals surface area contributed by atoms with Gasteiger partial charge in [0.1, 0.15) is 17.2 Å². The van der Waals surface area contributed by atoms with Crippen molar-refractivity contribution in [3.63, 3.8) is 0 Å². The maximum absolute atomic E-state index is 11.7. The first-order chi connectivity index (χ1) is 11.6. The highest BCUT2D eigenvalue weighted by Gasteiger charge is 2.04. The molecular weight excluding hydrogens is 423 g/mol. The first-order valence-corrected chi connectivity index (χ1v) is 8.12. The Labute approximate surface area is 153 Å². The Bertz CT molecular complexity index is 717.